The van der Waals surface area contributed by atoms with Crippen LogP contribution in [0.15, 0.2) is 91.1 Å². The Hall–Kier alpha value is -4.36. The van der Waals surface area contributed by atoms with Crippen molar-refractivity contribution in [1.29, 1.82) is 0 Å². The van der Waals surface area contributed by atoms with Gasteiger partial charge >= 0.3 is 0 Å². The predicted molar refractivity (Wildman–Crippen MR) is 162 cm³/mol. The summed E-state index contributed by atoms with van der Waals surface area (Å²) in [6, 6.07) is 26.4. The molecule has 6 nitrogen and oxygen atoms in total. The molecule has 2 heterocycles. The highest BCUT2D eigenvalue weighted by Gasteiger charge is 2.19. The summed E-state index contributed by atoms with van der Waals surface area (Å²) in [6.07, 6.45) is 4.09. The standard InChI is InChI=1S/C34H36FN5O/c1-4-5-18-39(3)21-25-12-11-16-27(19-25)32-20-29(34(41)36-24(2)26-13-7-6-8-14-26)30-23-40(38-33(30)37-32)22-28-15-9-10-17-31(28)35/h6-17,19-20,23-24H,4-5,18,21-22H2,1-3H3,(H,36,41)/t24-/m0/s1. The van der Waals surface area contributed by atoms with Crippen LogP contribution in [0.25, 0.3) is 22.3 Å². The summed E-state index contributed by atoms with van der Waals surface area (Å²) in [5.74, 6) is -0.507. The number of amides is 1. The van der Waals surface area contributed by atoms with Crippen molar-refractivity contribution in [3.05, 3.63) is 119 Å². The van der Waals surface area contributed by atoms with Gasteiger partial charge in [0.1, 0.15) is 5.82 Å². The highest BCUT2D eigenvalue weighted by Crippen LogP contribution is 2.27. The van der Waals surface area contributed by atoms with Crippen LogP contribution in [0.3, 0.4) is 0 Å². The van der Waals surface area contributed by atoms with E-state index in [1.54, 1.807) is 29.1 Å². The van der Waals surface area contributed by atoms with Gasteiger partial charge in [0.2, 0.25) is 0 Å². The van der Waals surface area contributed by atoms with Crippen LogP contribution in [0.1, 0.15) is 59.8 Å². The molecule has 0 unspecified atom stereocenters. The summed E-state index contributed by atoms with van der Waals surface area (Å²) in [5, 5.41) is 8.43. The minimum absolute atomic E-state index is 0.189. The molecular weight excluding hydrogens is 513 g/mol. The van der Waals surface area contributed by atoms with Crippen LogP contribution in [0.2, 0.25) is 0 Å². The Kier molecular flexibility index (Phi) is 8.85. The summed E-state index contributed by atoms with van der Waals surface area (Å²) < 4.78 is 16.1. The van der Waals surface area contributed by atoms with Gasteiger partial charge in [0.15, 0.2) is 5.65 Å². The monoisotopic (exact) mass is 549 g/mol. The second-order valence-electron chi connectivity index (χ2n) is 10.6. The molecular formula is C34H36FN5O. The minimum atomic E-state index is -0.295. The molecule has 0 radical (unpaired) electrons. The normalized spacial score (nSPS) is 12.1. The quantitative estimate of drug-likeness (QED) is 0.193. The fraction of sp³-hybridized carbons (Fsp3) is 0.265. The van der Waals surface area contributed by atoms with Gasteiger partial charge in [0.05, 0.1) is 29.2 Å². The van der Waals surface area contributed by atoms with Gasteiger partial charge in [-0.2, -0.15) is 5.10 Å². The predicted octanol–water partition coefficient (Wildman–Crippen LogP) is 7.01. The topological polar surface area (TPSA) is 63.1 Å². The molecule has 1 amide bonds. The maximum atomic E-state index is 14.4. The minimum Gasteiger partial charge on any atom is -0.345 e. The maximum absolute atomic E-state index is 14.4. The number of unbranched alkanes of at least 4 members (excludes halogenated alkanes) is 1. The number of halogens is 1. The van der Waals surface area contributed by atoms with Crippen molar-refractivity contribution in [2.24, 2.45) is 0 Å². The van der Waals surface area contributed by atoms with Crippen LogP contribution in [0.4, 0.5) is 4.39 Å². The molecule has 0 saturated heterocycles. The van der Waals surface area contributed by atoms with E-state index in [2.05, 4.69) is 41.4 Å². The number of carbonyl (C=O) groups excluding carboxylic acids is 1. The highest BCUT2D eigenvalue weighted by atomic mass is 19.1. The molecule has 0 aliphatic carbocycles. The van der Waals surface area contributed by atoms with Gasteiger partial charge in [-0.1, -0.05) is 80.1 Å². The molecule has 0 aliphatic rings. The van der Waals surface area contributed by atoms with Crippen LogP contribution < -0.4 is 5.32 Å². The lowest BCUT2D eigenvalue weighted by atomic mass is 10.0. The molecule has 2 aromatic heterocycles. The summed E-state index contributed by atoms with van der Waals surface area (Å²) in [4.78, 5) is 20.9. The zero-order valence-electron chi connectivity index (χ0n) is 23.8. The first kappa shape index (κ1) is 28.2. The van der Waals surface area contributed by atoms with E-state index in [4.69, 9.17) is 4.98 Å². The smallest absolute Gasteiger partial charge is 0.252 e. The number of hydrogen-bond acceptors (Lipinski definition) is 4. The lowest BCUT2D eigenvalue weighted by molar-refractivity contribution is 0.0941. The first-order valence-electron chi connectivity index (χ1n) is 14.2. The van der Waals surface area contributed by atoms with Crippen molar-refractivity contribution in [3.63, 3.8) is 0 Å². The van der Waals surface area contributed by atoms with Crippen molar-refractivity contribution in [3.8, 4) is 11.3 Å². The SMILES string of the molecule is CCCCN(C)Cc1cccc(-c2cc(C(=O)N[C@@H](C)c3ccccc3)c3cn(Cc4ccccc4F)nc3n2)c1. The number of carbonyl (C=O) groups is 1. The first-order chi connectivity index (χ1) is 19.9. The number of fused-ring (bicyclic) bond motifs is 1. The Bertz CT molecular complexity index is 1630. The number of pyridine rings is 1. The average Bonchev–Trinajstić information content (AvgIpc) is 3.39. The number of benzene rings is 3. The Morgan fingerprint density at radius 3 is 2.59 bits per heavy atom. The van der Waals surface area contributed by atoms with Crippen molar-refractivity contribution < 1.29 is 9.18 Å². The van der Waals surface area contributed by atoms with Crippen LogP contribution in [-0.2, 0) is 13.1 Å². The number of aromatic nitrogens is 3. The molecule has 7 heteroatoms. The zero-order valence-corrected chi connectivity index (χ0v) is 23.8. The van der Waals surface area contributed by atoms with E-state index in [1.165, 1.54) is 11.6 Å². The molecule has 0 fully saturated rings. The van der Waals surface area contributed by atoms with Gasteiger partial charge in [-0.3, -0.25) is 9.48 Å². The van der Waals surface area contributed by atoms with Crippen LogP contribution >= 0.6 is 0 Å². The van der Waals surface area contributed by atoms with Gasteiger partial charge in [-0.25, -0.2) is 9.37 Å². The molecule has 0 spiro atoms. The van der Waals surface area contributed by atoms with E-state index in [-0.39, 0.29) is 24.3 Å². The van der Waals surface area contributed by atoms with Crippen LogP contribution in [0, 0.1) is 5.82 Å². The Morgan fingerprint density at radius 1 is 1.02 bits per heavy atom. The van der Waals surface area contributed by atoms with Gasteiger partial charge < -0.3 is 10.2 Å². The third-order valence-electron chi connectivity index (χ3n) is 7.29. The molecule has 5 rings (SSSR count). The van der Waals surface area contributed by atoms with Gasteiger partial charge in [-0.05, 0) is 56.3 Å². The third kappa shape index (κ3) is 6.87. The van der Waals surface area contributed by atoms with Gasteiger partial charge in [0, 0.05) is 23.9 Å². The Labute approximate surface area is 240 Å². The summed E-state index contributed by atoms with van der Waals surface area (Å²) in [6.45, 7) is 6.26. The number of nitrogens with one attached hydrogen (secondary N) is 1. The lowest BCUT2D eigenvalue weighted by Crippen LogP contribution is -2.26. The van der Waals surface area contributed by atoms with E-state index < -0.39 is 0 Å². The largest absolute Gasteiger partial charge is 0.345 e. The van der Waals surface area contributed by atoms with E-state index in [0.29, 0.717) is 27.9 Å². The summed E-state index contributed by atoms with van der Waals surface area (Å²) in [7, 11) is 2.13. The van der Waals surface area contributed by atoms with Crippen molar-refractivity contribution in [2.75, 3.05) is 13.6 Å². The van der Waals surface area contributed by atoms with Crippen LogP contribution in [-0.4, -0.2) is 39.2 Å². The van der Waals surface area contributed by atoms with E-state index >= 15 is 0 Å². The fourth-order valence-electron chi connectivity index (χ4n) is 5.01. The van der Waals surface area contributed by atoms with Crippen molar-refractivity contribution in [1.82, 2.24) is 25.0 Å². The van der Waals surface area contributed by atoms with E-state index in [9.17, 15) is 9.18 Å². The van der Waals surface area contributed by atoms with E-state index in [0.717, 1.165) is 37.1 Å². The molecule has 3 aromatic carbocycles. The van der Waals surface area contributed by atoms with E-state index in [1.807, 2.05) is 55.5 Å². The van der Waals surface area contributed by atoms with Gasteiger partial charge in [0.25, 0.3) is 5.91 Å². The van der Waals surface area contributed by atoms with Crippen molar-refractivity contribution in [2.45, 2.75) is 45.8 Å². The average molecular weight is 550 g/mol. The van der Waals surface area contributed by atoms with Gasteiger partial charge in [-0.15, -0.1) is 0 Å². The molecule has 0 aliphatic heterocycles. The fourth-order valence-corrected chi connectivity index (χ4v) is 5.01. The molecule has 41 heavy (non-hydrogen) atoms. The Morgan fingerprint density at radius 2 is 1.80 bits per heavy atom. The second-order valence-corrected chi connectivity index (χ2v) is 10.6. The summed E-state index contributed by atoms with van der Waals surface area (Å²) >= 11 is 0. The van der Waals surface area contributed by atoms with Crippen molar-refractivity contribution >= 4 is 16.9 Å². The first-order valence-corrected chi connectivity index (χ1v) is 14.2. The third-order valence-corrected chi connectivity index (χ3v) is 7.29. The van der Waals surface area contributed by atoms with Crippen LogP contribution in [0.5, 0.6) is 0 Å². The summed E-state index contributed by atoms with van der Waals surface area (Å²) in [5.41, 5.74) is 5.23. The lowest BCUT2D eigenvalue weighted by Gasteiger charge is -2.17. The molecule has 1 N–H and O–H groups in total. The number of hydrogen-bond donors (Lipinski definition) is 1. The number of rotatable bonds is 11. The molecule has 210 valence electrons. The number of nitrogens with zero attached hydrogens (tertiary/aromatic N) is 4. The zero-order chi connectivity index (χ0) is 28.8. The maximum Gasteiger partial charge on any atom is 0.252 e. The Balaban J connectivity index is 1.52. The molecule has 0 bridgehead atoms. The molecule has 1 atom stereocenters. The highest BCUT2D eigenvalue weighted by molar-refractivity contribution is 6.06. The molecule has 5 aromatic rings. The second kappa shape index (κ2) is 12.9. The molecule has 0 saturated carbocycles.